The quantitative estimate of drug-likeness (QED) is 0.712. The summed E-state index contributed by atoms with van der Waals surface area (Å²) in [5, 5.41) is 3.33. The highest BCUT2D eigenvalue weighted by atomic mass is 79.9. The molecule has 0 amide bonds. The molecule has 0 saturated heterocycles. The van der Waals surface area contributed by atoms with E-state index in [0.717, 1.165) is 53.5 Å². The molecule has 5 heteroatoms. The smallest absolute Gasteiger partial charge is 0.183 e. The largest absolute Gasteiger partial charge is 0.452 e. The Morgan fingerprint density at radius 1 is 1.41 bits per heavy atom. The molecule has 1 saturated carbocycles. The molecule has 96 valence electrons. The van der Waals surface area contributed by atoms with Crippen molar-refractivity contribution in [1.29, 1.82) is 0 Å². The van der Waals surface area contributed by atoms with E-state index in [2.05, 4.69) is 37.2 Å². The Hall–Kier alpha value is 0.160. The molecule has 1 aromatic heterocycles. The van der Waals surface area contributed by atoms with Crippen molar-refractivity contribution in [2.24, 2.45) is 5.92 Å². The van der Waals surface area contributed by atoms with Crippen LogP contribution in [0.25, 0.3) is 0 Å². The van der Waals surface area contributed by atoms with Gasteiger partial charge in [-0.05, 0) is 69.7 Å². The zero-order valence-electron chi connectivity index (χ0n) is 9.68. The molecule has 0 radical (unpaired) electrons. The maximum Gasteiger partial charge on any atom is 0.183 e. The molecule has 0 aromatic carbocycles. The second kappa shape index (κ2) is 6.92. The van der Waals surface area contributed by atoms with E-state index in [0.29, 0.717) is 0 Å². The highest BCUT2D eigenvalue weighted by molar-refractivity contribution is 9.13. The van der Waals surface area contributed by atoms with E-state index in [1.165, 1.54) is 12.8 Å². The fourth-order valence-corrected chi connectivity index (χ4v) is 2.18. The number of furan rings is 1. The van der Waals surface area contributed by atoms with Crippen molar-refractivity contribution in [1.82, 2.24) is 5.32 Å². The number of hydrogen-bond donors (Lipinski definition) is 1. The average Bonchev–Trinajstić information content (AvgIpc) is 3.06. The summed E-state index contributed by atoms with van der Waals surface area (Å²) in [6, 6.07) is 1.97. The monoisotopic (exact) mass is 365 g/mol. The highest BCUT2D eigenvalue weighted by Gasteiger charge is 2.20. The van der Waals surface area contributed by atoms with Crippen LogP contribution in [0.15, 0.2) is 19.6 Å². The minimum absolute atomic E-state index is 0.752. The average molecular weight is 367 g/mol. The van der Waals surface area contributed by atoms with E-state index in [9.17, 15) is 0 Å². The van der Waals surface area contributed by atoms with Crippen LogP contribution in [-0.2, 0) is 11.3 Å². The van der Waals surface area contributed by atoms with E-state index in [4.69, 9.17) is 9.15 Å². The predicted molar refractivity (Wildman–Crippen MR) is 74.0 cm³/mol. The van der Waals surface area contributed by atoms with Gasteiger partial charge in [-0.1, -0.05) is 0 Å². The van der Waals surface area contributed by atoms with Crippen LogP contribution >= 0.6 is 31.9 Å². The van der Waals surface area contributed by atoms with Gasteiger partial charge in [0.05, 0.1) is 11.0 Å². The molecule has 0 unspecified atom stereocenters. The van der Waals surface area contributed by atoms with Crippen molar-refractivity contribution in [3.63, 3.8) is 0 Å². The minimum atomic E-state index is 0.752. The van der Waals surface area contributed by atoms with Crippen LogP contribution in [0.5, 0.6) is 0 Å². The second-order valence-electron chi connectivity index (χ2n) is 4.38. The molecule has 1 aliphatic carbocycles. The number of ether oxygens (including phenoxy) is 1. The van der Waals surface area contributed by atoms with Crippen LogP contribution in [0.2, 0.25) is 0 Å². The van der Waals surface area contributed by atoms with Crippen LogP contribution in [-0.4, -0.2) is 19.8 Å². The van der Waals surface area contributed by atoms with Crippen LogP contribution < -0.4 is 5.32 Å². The van der Waals surface area contributed by atoms with E-state index < -0.39 is 0 Å². The first kappa shape index (κ1) is 13.6. The van der Waals surface area contributed by atoms with Gasteiger partial charge in [-0.2, -0.15) is 0 Å². The van der Waals surface area contributed by atoms with Crippen LogP contribution in [0, 0.1) is 5.92 Å². The first-order chi connectivity index (χ1) is 8.25. The van der Waals surface area contributed by atoms with Crippen molar-refractivity contribution in [2.75, 3.05) is 19.8 Å². The van der Waals surface area contributed by atoms with Gasteiger partial charge in [0.25, 0.3) is 0 Å². The Balaban J connectivity index is 1.47. The maximum atomic E-state index is 5.55. The van der Waals surface area contributed by atoms with Gasteiger partial charge in [-0.15, -0.1) is 0 Å². The lowest BCUT2D eigenvalue weighted by molar-refractivity contribution is 0.122. The molecule has 1 heterocycles. The maximum absolute atomic E-state index is 5.55. The molecular weight excluding hydrogens is 350 g/mol. The Kier molecular flexibility index (Phi) is 5.53. The summed E-state index contributed by atoms with van der Waals surface area (Å²) < 4.78 is 12.7. The van der Waals surface area contributed by atoms with Crippen LogP contribution in [0.3, 0.4) is 0 Å². The van der Waals surface area contributed by atoms with E-state index in [1.54, 1.807) is 0 Å². The van der Waals surface area contributed by atoms with Crippen molar-refractivity contribution in [3.05, 3.63) is 21.0 Å². The van der Waals surface area contributed by atoms with E-state index in [1.807, 2.05) is 6.07 Å². The molecule has 17 heavy (non-hydrogen) atoms. The second-order valence-corrected chi connectivity index (χ2v) is 5.96. The summed E-state index contributed by atoms with van der Waals surface area (Å²) in [6.07, 6.45) is 3.77. The lowest BCUT2D eigenvalue weighted by Crippen LogP contribution is -2.16. The summed E-state index contributed by atoms with van der Waals surface area (Å²) in [6.45, 7) is 3.53. The molecular formula is C12H17Br2NO2. The zero-order chi connectivity index (χ0) is 12.1. The summed E-state index contributed by atoms with van der Waals surface area (Å²) in [4.78, 5) is 0. The SMILES string of the molecule is Brc1cc(CNCCCOCC2CC2)oc1Br. The summed E-state index contributed by atoms with van der Waals surface area (Å²) >= 11 is 6.71. The van der Waals surface area contributed by atoms with Gasteiger partial charge in [0.2, 0.25) is 0 Å². The molecule has 1 N–H and O–H groups in total. The predicted octanol–water partition coefficient (Wildman–Crippen LogP) is 3.71. The number of nitrogens with one attached hydrogen (secondary N) is 1. The fraction of sp³-hybridized carbons (Fsp3) is 0.667. The zero-order valence-corrected chi connectivity index (χ0v) is 12.8. The van der Waals surface area contributed by atoms with Crippen molar-refractivity contribution in [2.45, 2.75) is 25.8 Å². The van der Waals surface area contributed by atoms with Gasteiger partial charge in [-0.25, -0.2) is 0 Å². The minimum Gasteiger partial charge on any atom is -0.452 e. The summed E-state index contributed by atoms with van der Waals surface area (Å²) in [7, 11) is 0. The molecule has 0 atom stereocenters. The summed E-state index contributed by atoms with van der Waals surface area (Å²) in [5.74, 6) is 1.79. The highest BCUT2D eigenvalue weighted by Crippen LogP contribution is 2.28. The fourth-order valence-electron chi connectivity index (χ4n) is 1.52. The van der Waals surface area contributed by atoms with Gasteiger partial charge < -0.3 is 14.5 Å². The van der Waals surface area contributed by atoms with Crippen LogP contribution in [0.4, 0.5) is 0 Å². The molecule has 3 nitrogen and oxygen atoms in total. The Morgan fingerprint density at radius 2 is 2.24 bits per heavy atom. The molecule has 0 bridgehead atoms. The third kappa shape index (κ3) is 5.12. The number of rotatable bonds is 8. The first-order valence-corrected chi connectivity index (χ1v) is 7.56. The van der Waals surface area contributed by atoms with Gasteiger partial charge >= 0.3 is 0 Å². The normalized spacial score (nSPS) is 15.4. The Bertz CT molecular complexity index is 331. The Morgan fingerprint density at radius 3 is 2.88 bits per heavy atom. The molecule has 0 spiro atoms. The van der Waals surface area contributed by atoms with Gasteiger partial charge in [0, 0.05) is 13.2 Å². The van der Waals surface area contributed by atoms with Gasteiger partial charge in [0.1, 0.15) is 5.76 Å². The summed E-state index contributed by atoms with van der Waals surface area (Å²) in [5.41, 5.74) is 0. The lowest BCUT2D eigenvalue weighted by Gasteiger charge is -2.04. The topological polar surface area (TPSA) is 34.4 Å². The van der Waals surface area contributed by atoms with E-state index >= 15 is 0 Å². The van der Waals surface area contributed by atoms with Gasteiger partial charge in [0.15, 0.2) is 4.67 Å². The molecule has 0 aliphatic heterocycles. The standard InChI is InChI=1S/C12H17Br2NO2/c13-11-6-10(17-12(11)14)7-15-4-1-5-16-8-9-2-3-9/h6,9,15H,1-5,7-8H2. The Labute approximate surface area is 119 Å². The first-order valence-electron chi connectivity index (χ1n) is 5.98. The number of hydrogen-bond acceptors (Lipinski definition) is 3. The van der Waals surface area contributed by atoms with Crippen molar-refractivity contribution >= 4 is 31.9 Å². The molecule has 2 rings (SSSR count). The van der Waals surface area contributed by atoms with Crippen molar-refractivity contribution in [3.8, 4) is 0 Å². The third-order valence-electron chi connectivity index (χ3n) is 2.69. The van der Waals surface area contributed by atoms with Crippen LogP contribution in [0.1, 0.15) is 25.0 Å². The third-order valence-corrected chi connectivity index (χ3v) is 4.40. The van der Waals surface area contributed by atoms with E-state index in [-0.39, 0.29) is 0 Å². The van der Waals surface area contributed by atoms with Crippen molar-refractivity contribution < 1.29 is 9.15 Å². The number of halogens is 2. The molecule has 1 aromatic rings. The van der Waals surface area contributed by atoms with Gasteiger partial charge in [-0.3, -0.25) is 0 Å². The lowest BCUT2D eigenvalue weighted by atomic mass is 10.4. The molecule has 1 aliphatic rings. The molecule has 1 fully saturated rings.